The average Bonchev–Trinajstić information content (AvgIpc) is 2.73. The van der Waals surface area contributed by atoms with Gasteiger partial charge in [-0.05, 0) is 0 Å². The zero-order valence-corrected chi connectivity index (χ0v) is 10.9. The van der Waals surface area contributed by atoms with Gasteiger partial charge in [0.05, 0.1) is 12.8 Å². The predicted octanol–water partition coefficient (Wildman–Crippen LogP) is -1.39. The first-order valence-corrected chi connectivity index (χ1v) is 6.05. The van der Waals surface area contributed by atoms with Crippen molar-refractivity contribution >= 4 is 0 Å². The number of aliphatic hydroxyl groups is 2. The van der Waals surface area contributed by atoms with Crippen LogP contribution in [0.4, 0.5) is 13.2 Å². The minimum atomic E-state index is -2.98. The van der Waals surface area contributed by atoms with E-state index in [9.17, 15) is 27.9 Å². The Morgan fingerprint density at radius 2 is 2.18 bits per heavy atom. The maximum absolute atomic E-state index is 14.9. The highest BCUT2D eigenvalue weighted by Gasteiger charge is 2.57. The Kier molecular flexibility index (Phi) is 4.41. The van der Waals surface area contributed by atoms with Crippen LogP contribution in [0.5, 0.6) is 0 Å². The highest BCUT2D eigenvalue weighted by molar-refractivity contribution is 5.23. The Balaban J connectivity index is 2.59. The molecule has 0 radical (unpaired) electrons. The van der Waals surface area contributed by atoms with E-state index in [0.717, 1.165) is 0 Å². The van der Waals surface area contributed by atoms with Gasteiger partial charge < -0.3 is 14.9 Å². The molecule has 3 N–H and O–H groups in total. The third-order valence-corrected chi connectivity index (χ3v) is 3.15. The lowest BCUT2D eigenvalue weighted by Crippen LogP contribution is -2.45. The minimum absolute atomic E-state index is 0.336. The lowest BCUT2D eigenvalue weighted by atomic mass is 9.96. The molecule has 1 aromatic heterocycles. The number of aliphatic hydroxyl groups excluding tert-OH is 2. The molecule has 2 heterocycles. The number of ether oxygens (including phenoxy) is 1. The van der Waals surface area contributed by atoms with Crippen molar-refractivity contribution in [2.45, 2.75) is 24.1 Å². The molecule has 22 heavy (non-hydrogen) atoms. The molecule has 1 fully saturated rings. The molecule has 0 aromatic carbocycles. The molecule has 1 aliphatic rings. The van der Waals surface area contributed by atoms with Crippen molar-refractivity contribution < 1.29 is 28.1 Å². The first-order chi connectivity index (χ1) is 10.3. The molecule has 120 valence electrons. The van der Waals surface area contributed by atoms with Gasteiger partial charge in [-0.25, -0.2) is 13.6 Å². The van der Waals surface area contributed by atoms with E-state index in [4.69, 9.17) is 9.84 Å². The number of H-pyrrole nitrogens is 1. The van der Waals surface area contributed by atoms with Gasteiger partial charge in [-0.15, -0.1) is 0 Å². The van der Waals surface area contributed by atoms with E-state index in [1.54, 1.807) is 16.8 Å². The second-order valence-corrected chi connectivity index (χ2v) is 4.50. The summed E-state index contributed by atoms with van der Waals surface area (Å²) in [5.74, 6) is 2.14. The van der Waals surface area contributed by atoms with Gasteiger partial charge in [-0.3, -0.25) is 14.3 Å². The third-order valence-electron chi connectivity index (χ3n) is 3.15. The van der Waals surface area contributed by atoms with Crippen molar-refractivity contribution in [3.8, 4) is 11.8 Å². The summed E-state index contributed by atoms with van der Waals surface area (Å²) in [4.78, 5) is 24.2. The van der Waals surface area contributed by atoms with E-state index in [-0.39, 0.29) is 0 Å². The number of nitrogens with one attached hydrogen (secondary N) is 1. The molecule has 1 aromatic rings. The van der Waals surface area contributed by atoms with Crippen LogP contribution in [0.1, 0.15) is 6.23 Å². The number of halogens is 3. The first kappa shape index (κ1) is 16.3. The van der Waals surface area contributed by atoms with Gasteiger partial charge in [0.2, 0.25) is 11.5 Å². The van der Waals surface area contributed by atoms with Gasteiger partial charge in [0, 0.05) is 0 Å². The highest BCUT2D eigenvalue weighted by atomic mass is 19.1. The molecular formula is C12H11F3N2O5. The molecule has 4 atom stereocenters. The molecule has 0 amide bonds. The summed E-state index contributed by atoms with van der Waals surface area (Å²) in [6.45, 7) is -2.05. The van der Waals surface area contributed by atoms with Crippen LogP contribution in [0.15, 0.2) is 15.8 Å². The molecular weight excluding hydrogens is 309 g/mol. The molecule has 0 bridgehead atoms. The van der Waals surface area contributed by atoms with Crippen LogP contribution in [-0.2, 0) is 4.74 Å². The SMILES string of the molecule is O=c1[nH]c(=O)n([C@@H]2O[C@H](CO)[C@H](O)C2(F)C#CCF)cc1F. The fraction of sp³-hybridized carbons (Fsp3) is 0.500. The van der Waals surface area contributed by atoms with Crippen molar-refractivity contribution in [2.24, 2.45) is 0 Å². The Bertz CT molecular complexity index is 737. The molecule has 0 aliphatic carbocycles. The summed E-state index contributed by atoms with van der Waals surface area (Å²) >= 11 is 0. The van der Waals surface area contributed by atoms with Crippen molar-refractivity contribution in [1.29, 1.82) is 0 Å². The number of alkyl halides is 2. The molecule has 0 saturated carbocycles. The molecule has 0 spiro atoms. The molecule has 7 nitrogen and oxygen atoms in total. The number of aromatic nitrogens is 2. The number of hydrogen-bond acceptors (Lipinski definition) is 5. The maximum Gasteiger partial charge on any atom is 0.330 e. The van der Waals surface area contributed by atoms with Crippen LogP contribution in [0.3, 0.4) is 0 Å². The number of aromatic amines is 1. The van der Waals surface area contributed by atoms with Gasteiger partial charge in [0.1, 0.15) is 18.9 Å². The summed E-state index contributed by atoms with van der Waals surface area (Å²) < 4.78 is 45.7. The number of rotatable bonds is 2. The molecule has 1 aliphatic heterocycles. The molecule has 1 unspecified atom stereocenters. The Morgan fingerprint density at radius 1 is 1.50 bits per heavy atom. The zero-order valence-electron chi connectivity index (χ0n) is 10.9. The smallest absolute Gasteiger partial charge is 0.330 e. The second-order valence-electron chi connectivity index (χ2n) is 4.50. The van der Waals surface area contributed by atoms with Gasteiger partial charge >= 0.3 is 5.69 Å². The van der Waals surface area contributed by atoms with E-state index < -0.39 is 54.5 Å². The van der Waals surface area contributed by atoms with Crippen molar-refractivity contribution in [1.82, 2.24) is 9.55 Å². The first-order valence-electron chi connectivity index (χ1n) is 6.05. The largest absolute Gasteiger partial charge is 0.394 e. The van der Waals surface area contributed by atoms with Crippen LogP contribution in [0, 0.1) is 17.7 Å². The molecule has 1 saturated heterocycles. The lowest BCUT2D eigenvalue weighted by Gasteiger charge is -2.23. The Labute approximate surface area is 121 Å². The van der Waals surface area contributed by atoms with Crippen LogP contribution < -0.4 is 11.2 Å². The minimum Gasteiger partial charge on any atom is -0.394 e. The summed E-state index contributed by atoms with van der Waals surface area (Å²) in [5, 5.41) is 18.8. The second kappa shape index (κ2) is 5.96. The highest BCUT2D eigenvalue weighted by Crippen LogP contribution is 2.40. The summed E-state index contributed by atoms with van der Waals surface area (Å²) in [5.41, 5.74) is -5.52. The number of hydrogen-bond donors (Lipinski definition) is 3. The van der Waals surface area contributed by atoms with Crippen LogP contribution >= 0.6 is 0 Å². The normalized spacial score (nSPS) is 30.9. The molecule has 2 rings (SSSR count). The topological polar surface area (TPSA) is 105 Å². The van der Waals surface area contributed by atoms with E-state index in [2.05, 4.69) is 0 Å². The van der Waals surface area contributed by atoms with Crippen LogP contribution in [0.25, 0.3) is 0 Å². The molecule has 10 heteroatoms. The van der Waals surface area contributed by atoms with E-state index in [0.29, 0.717) is 10.8 Å². The lowest BCUT2D eigenvalue weighted by molar-refractivity contribution is -0.0547. The monoisotopic (exact) mass is 320 g/mol. The van der Waals surface area contributed by atoms with Crippen LogP contribution in [-0.4, -0.2) is 50.9 Å². The van der Waals surface area contributed by atoms with E-state index >= 15 is 0 Å². The predicted molar refractivity (Wildman–Crippen MR) is 65.9 cm³/mol. The van der Waals surface area contributed by atoms with Crippen molar-refractivity contribution in [3.63, 3.8) is 0 Å². The van der Waals surface area contributed by atoms with Gasteiger partial charge in [0.25, 0.3) is 5.56 Å². The Morgan fingerprint density at radius 3 is 2.77 bits per heavy atom. The zero-order chi connectivity index (χ0) is 16.5. The van der Waals surface area contributed by atoms with E-state index in [1.165, 1.54) is 0 Å². The fourth-order valence-electron chi connectivity index (χ4n) is 2.11. The van der Waals surface area contributed by atoms with Crippen molar-refractivity contribution in [2.75, 3.05) is 13.3 Å². The van der Waals surface area contributed by atoms with Gasteiger partial charge in [-0.1, -0.05) is 11.8 Å². The third kappa shape index (κ3) is 2.54. The van der Waals surface area contributed by atoms with Crippen molar-refractivity contribution in [3.05, 3.63) is 32.9 Å². The summed E-state index contributed by atoms with van der Waals surface area (Å²) in [7, 11) is 0. The summed E-state index contributed by atoms with van der Waals surface area (Å²) in [6, 6.07) is 0. The van der Waals surface area contributed by atoms with Gasteiger partial charge in [-0.2, -0.15) is 4.39 Å². The Hall–Kier alpha value is -2.09. The number of nitrogens with zero attached hydrogens (tertiary/aromatic N) is 1. The fourth-order valence-corrected chi connectivity index (χ4v) is 2.11. The summed E-state index contributed by atoms with van der Waals surface area (Å²) in [6.07, 6.45) is -5.07. The quantitative estimate of drug-likeness (QED) is 0.582. The van der Waals surface area contributed by atoms with E-state index in [1.807, 2.05) is 0 Å². The average molecular weight is 320 g/mol. The van der Waals surface area contributed by atoms with Gasteiger partial charge in [0.15, 0.2) is 6.23 Å². The standard InChI is InChI=1S/C12H11F3N2O5/c13-3-1-2-12(15)8(19)7(5-18)22-10(12)17-4-6(14)9(20)16-11(17)21/h4,7-8,10,18-19H,3,5H2,(H,16,20,21)/t7-,8+,10-,12?/m1/s1. The van der Waals surface area contributed by atoms with Crippen LogP contribution in [0.2, 0.25) is 0 Å². The maximum atomic E-state index is 14.9.